The average molecular weight is 257 g/mol. The summed E-state index contributed by atoms with van der Waals surface area (Å²) in [5, 5.41) is 9.80. The number of nitrogens with zero attached hydrogens (tertiary/aromatic N) is 1. The molecule has 0 spiro atoms. The largest absolute Gasteiger partial charge is 0.393 e. The van der Waals surface area contributed by atoms with Gasteiger partial charge in [-0.05, 0) is 43.2 Å². The molecule has 2 fully saturated rings. The lowest BCUT2D eigenvalue weighted by Crippen LogP contribution is -2.44. The zero-order chi connectivity index (χ0) is 13.1. The molecule has 1 aliphatic heterocycles. The van der Waals surface area contributed by atoms with Crippen LogP contribution < -0.4 is 0 Å². The zero-order valence-electron chi connectivity index (χ0n) is 10.5. The molecule has 1 heterocycles. The van der Waals surface area contributed by atoms with E-state index in [2.05, 4.69) is 0 Å². The first-order valence-corrected chi connectivity index (χ1v) is 6.82. The molecule has 2 aliphatic carbocycles. The molecule has 3 aliphatic rings. The molecule has 2 bridgehead atoms. The summed E-state index contributed by atoms with van der Waals surface area (Å²) in [5.41, 5.74) is 1.05. The zero-order valence-corrected chi connectivity index (χ0v) is 10.5. The quantitative estimate of drug-likeness (QED) is 0.774. The lowest BCUT2D eigenvalue weighted by molar-refractivity contribution is 0.0421. The minimum absolute atomic E-state index is 0.0131. The first-order valence-electron chi connectivity index (χ1n) is 6.82. The Morgan fingerprint density at radius 1 is 0.947 bits per heavy atom. The monoisotopic (exact) mass is 257 g/mol. The van der Waals surface area contributed by atoms with Crippen molar-refractivity contribution in [2.24, 2.45) is 11.8 Å². The van der Waals surface area contributed by atoms with E-state index >= 15 is 0 Å². The standard InChI is InChI=1S/C15H15NO3/c17-13-7-8-5-9(13)6-12(8)16-14(18)10-3-1-2-4-11(10)15(16)19/h1-4,8-9,12-13,17H,5-7H2. The van der Waals surface area contributed by atoms with Crippen molar-refractivity contribution in [3.63, 3.8) is 0 Å². The maximum Gasteiger partial charge on any atom is 0.261 e. The summed E-state index contributed by atoms with van der Waals surface area (Å²) < 4.78 is 0. The molecule has 4 heteroatoms. The van der Waals surface area contributed by atoms with Gasteiger partial charge in [0.1, 0.15) is 0 Å². The van der Waals surface area contributed by atoms with Crippen LogP contribution in [0.25, 0.3) is 0 Å². The van der Waals surface area contributed by atoms with E-state index in [9.17, 15) is 14.7 Å². The molecule has 98 valence electrons. The third kappa shape index (κ3) is 1.38. The van der Waals surface area contributed by atoms with Crippen LogP contribution in [-0.4, -0.2) is 34.0 Å². The third-order valence-corrected chi connectivity index (χ3v) is 4.94. The van der Waals surface area contributed by atoms with E-state index in [1.807, 2.05) is 0 Å². The van der Waals surface area contributed by atoms with Gasteiger partial charge in [-0.15, -0.1) is 0 Å². The van der Waals surface area contributed by atoms with Gasteiger partial charge in [0.25, 0.3) is 11.8 Å². The van der Waals surface area contributed by atoms with Crippen LogP contribution in [0.5, 0.6) is 0 Å². The molecular formula is C15H15NO3. The van der Waals surface area contributed by atoms with Gasteiger partial charge in [-0.1, -0.05) is 12.1 Å². The smallest absolute Gasteiger partial charge is 0.261 e. The molecule has 1 aromatic rings. The number of carbonyl (C=O) groups excluding carboxylic acids is 2. The minimum atomic E-state index is -0.239. The van der Waals surface area contributed by atoms with Crippen molar-refractivity contribution in [2.75, 3.05) is 0 Å². The Labute approximate surface area is 111 Å². The predicted octanol–water partition coefficient (Wildman–Crippen LogP) is 1.44. The van der Waals surface area contributed by atoms with Crippen molar-refractivity contribution in [2.45, 2.75) is 31.4 Å². The molecular weight excluding hydrogens is 242 g/mol. The van der Waals surface area contributed by atoms with Gasteiger partial charge in [0.05, 0.1) is 17.2 Å². The first-order chi connectivity index (χ1) is 9.16. The maximum absolute atomic E-state index is 12.4. The van der Waals surface area contributed by atoms with E-state index in [1.54, 1.807) is 24.3 Å². The molecule has 4 rings (SSSR count). The Kier molecular flexibility index (Phi) is 2.16. The van der Waals surface area contributed by atoms with E-state index < -0.39 is 0 Å². The van der Waals surface area contributed by atoms with E-state index in [0.29, 0.717) is 11.1 Å². The average Bonchev–Trinajstić information content (AvgIpc) is 3.03. The fourth-order valence-corrected chi connectivity index (χ4v) is 4.04. The molecule has 2 amide bonds. The number of aliphatic hydroxyl groups excluding tert-OH is 1. The van der Waals surface area contributed by atoms with Crippen LogP contribution in [0.3, 0.4) is 0 Å². The van der Waals surface area contributed by atoms with Crippen LogP contribution in [0, 0.1) is 11.8 Å². The fraction of sp³-hybridized carbons (Fsp3) is 0.467. The van der Waals surface area contributed by atoms with Gasteiger partial charge >= 0.3 is 0 Å². The van der Waals surface area contributed by atoms with Gasteiger partial charge in [0.15, 0.2) is 0 Å². The predicted molar refractivity (Wildman–Crippen MR) is 67.6 cm³/mol. The minimum Gasteiger partial charge on any atom is -0.393 e. The number of carbonyl (C=O) groups is 2. The highest BCUT2D eigenvalue weighted by atomic mass is 16.3. The second-order valence-corrected chi connectivity index (χ2v) is 5.89. The number of hydrogen-bond acceptors (Lipinski definition) is 3. The van der Waals surface area contributed by atoms with Crippen LogP contribution in [-0.2, 0) is 0 Å². The van der Waals surface area contributed by atoms with Gasteiger partial charge in [-0.3, -0.25) is 14.5 Å². The van der Waals surface area contributed by atoms with Crippen LogP contribution in [0.4, 0.5) is 0 Å². The van der Waals surface area contributed by atoms with Crippen LogP contribution >= 0.6 is 0 Å². The lowest BCUT2D eigenvalue weighted by atomic mass is 9.92. The molecule has 0 aromatic heterocycles. The van der Waals surface area contributed by atoms with Crippen molar-refractivity contribution in [3.05, 3.63) is 35.4 Å². The van der Waals surface area contributed by atoms with Gasteiger partial charge in [-0.25, -0.2) is 0 Å². The van der Waals surface area contributed by atoms with Crippen LogP contribution in [0.1, 0.15) is 40.0 Å². The van der Waals surface area contributed by atoms with E-state index in [0.717, 1.165) is 19.3 Å². The van der Waals surface area contributed by atoms with Crippen molar-refractivity contribution in [3.8, 4) is 0 Å². The van der Waals surface area contributed by atoms with Crippen LogP contribution in [0.15, 0.2) is 24.3 Å². The summed E-state index contributed by atoms with van der Waals surface area (Å²) in [5.74, 6) is 0.224. The third-order valence-electron chi connectivity index (χ3n) is 4.94. The summed E-state index contributed by atoms with van der Waals surface area (Å²) in [6.45, 7) is 0. The van der Waals surface area contributed by atoms with Gasteiger partial charge < -0.3 is 5.11 Å². The Morgan fingerprint density at radius 3 is 2.05 bits per heavy atom. The highest BCUT2D eigenvalue weighted by Gasteiger charge is 2.52. The highest BCUT2D eigenvalue weighted by molar-refractivity contribution is 6.21. The summed E-state index contributed by atoms with van der Waals surface area (Å²) >= 11 is 0. The summed E-state index contributed by atoms with van der Waals surface area (Å²) in [4.78, 5) is 26.2. The first kappa shape index (κ1) is 11.2. The number of amides is 2. The van der Waals surface area contributed by atoms with E-state index in [4.69, 9.17) is 0 Å². The number of fused-ring (bicyclic) bond motifs is 3. The number of benzene rings is 1. The molecule has 19 heavy (non-hydrogen) atoms. The number of hydrogen-bond donors (Lipinski definition) is 1. The number of imide groups is 1. The maximum atomic E-state index is 12.4. The van der Waals surface area contributed by atoms with Crippen molar-refractivity contribution >= 4 is 11.8 Å². The lowest BCUT2D eigenvalue weighted by Gasteiger charge is -2.31. The van der Waals surface area contributed by atoms with Crippen LogP contribution in [0.2, 0.25) is 0 Å². The molecule has 4 unspecified atom stereocenters. The van der Waals surface area contributed by atoms with Gasteiger partial charge in [0.2, 0.25) is 0 Å². The summed E-state index contributed by atoms with van der Waals surface area (Å²) in [6, 6.07) is 7.01. The highest BCUT2D eigenvalue weighted by Crippen LogP contribution is 2.48. The molecule has 1 aromatic carbocycles. The van der Waals surface area contributed by atoms with Crippen molar-refractivity contribution < 1.29 is 14.7 Å². The van der Waals surface area contributed by atoms with Gasteiger partial charge in [-0.2, -0.15) is 0 Å². The molecule has 4 atom stereocenters. The van der Waals surface area contributed by atoms with E-state index in [1.165, 1.54) is 4.90 Å². The number of aliphatic hydroxyl groups is 1. The number of rotatable bonds is 1. The molecule has 0 saturated heterocycles. The fourth-order valence-electron chi connectivity index (χ4n) is 4.04. The topological polar surface area (TPSA) is 57.6 Å². The van der Waals surface area contributed by atoms with Crippen molar-refractivity contribution in [1.82, 2.24) is 4.90 Å². The molecule has 0 radical (unpaired) electrons. The SMILES string of the molecule is O=C1c2ccccc2C(=O)N1C1CC2CC1CC2O. The molecule has 1 N–H and O–H groups in total. The Morgan fingerprint density at radius 2 is 1.58 bits per heavy atom. The van der Waals surface area contributed by atoms with Crippen molar-refractivity contribution in [1.29, 1.82) is 0 Å². The molecule has 2 saturated carbocycles. The van der Waals surface area contributed by atoms with Gasteiger partial charge in [0, 0.05) is 6.04 Å². The Hall–Kier alpha value is -1.68. The molecule has 4 nitrogen and oxygen atoms in total. The Balaban J connectivity index is 1.69. The van der Waals surface area contributed by atoms with E-state index in [-0.39, 0.29) is 35.8 Å². The normalized spacial score (nSPS) is 36.2. The Bertz CT molecular complexity index is 546. The second kappa shape index (κ2) is 3.67. The summed E-state index contributed by atoms with van der Waals surface area (Å²) in [7, 11) is 0. The summed E-state index contributed by atoms with van der Waals surface area (Å²) in [6.07, 6.45) is 2.19. The second-order valence-electron chi connectivity index (χ2n) is 5.89.